The molecule has 0 saturated heterocycles. The number of carboxylic acids is 1. The molecule has 8 heteroatoms. The lowest BCUT2D eigenvalue weighted by atomic mass is 10.2. The van der Waals surface area contributed by atoms with Gasteiger partial charge in [0, 0.05) is 12.1 Å². The summed E-state index contributed by atoms with van der Waals surface area (Å²) in [6.07, 6.45) is -0.886. The van der Waals surface area contributed by atoms with E-state index in [9.17, 15) is 14.9 Å². The number of nitro groups is 1. The molecule has 1 aromatic rings. The SMILES string of the molecule is C[C@@H](CC(=O)O)Oc1c(Cl)cc([N+](=O)[O-])cc1Cl. The van der Waals surface area contributed by atoms with Gasteiger partial charge in [-0.3, -0.25) is 14.9 Å². The summed E-state index contributed by atoms with van der Waals surface area (Å²) in [5, 5.41) is 19.1. The highest BCUT2D eigenvalue weighted by Crippen LogP contribution is 2.37. The van der Waals surface area contributed by atoms with Crippen LogP contribution in [0.15, 0.2) is 12.1 Å². The van der Waals surface area contributed by atoms with Gasteiger partial charge in [0.1, 0.15) is 6.10 Å². The number of carboxylic acid groups (broad SMARTS) is 1. The first-order valence-corrected chi connectivity index (χ1v) is 5.58. The van der Waals surface area contributed by atoms with Crippen molar-refractivity contribution in [3.05, 3.63) is 32.3 Å². The number of nitrogens with zero attached hydrogens (tertiary/aromatic N) is 1. The molecule has 0 unspecified atom stereocenters. The fourth-order valence-electron chi connectivity index (χ4n) is 1.25. The maximum Gasteiger partial charge on any atom is 0.307 e. The molecule has 0 saturated carbocycles. The minimum Gasteiger partial charge on any atom is -0.487 e. The van der Waals surface area contributed by atoms with E-state index in [1.165, 1.54) is 6.92 Å². The summed E-state index contributed by atoms with van der Waals surface area (Å²) in [6, 6.07) is 2.19. The highest BCUT2D eigenvalue weighted by molar-refractivity contribution is 6.37. The lowest BCUT2D eigenvalue weighted by molar-refractivity contribution is -0.384. The van der Waals surface area contributed by atoms with Crippen LogP contribution in [0.2, 0.25) is 10.0 Å². The molecule has 0 radical (unpaired) electrons. The second-order valence-electron chi connectivity index (χ2n) is 3.52. The molecule has 0 heterocycles. The van der Waals surface area contributed by atoms with Crippen LogP contribution in [-0.4, -0.2) is 22.1 Å². The van der Waals surface area contributed by atoms with E-state index in [0.29, 0.717) is 0 Å². The third kappa shape index (κ3) is 3.75. The summed E-state index contributed by atoms with van der Waals surface area (Å²) in [7, 11) is 0. The van der Waals surface area contributed by atoms with Crippen molar-refractivity contribution in [2.75, 3.05) is 0 Å². The number of rotatable bonds is 5. The van der Waals surface area contributed by atoms with E-state index in [4.69, 9.17) is 33.0 Å². The number of hydrogen-bond acceptors (Lipinski definition) is 4. The predicted molar refractivity (Wildman–Crippen MR) is 65.5 cm³/mol. The molecule has 0 amide bonds. The molecule has 0 aliphatic heterocycles. The quantitative estimate of drug-likeness (QED) is 0.665. The molecule has 6 nitrogen and oxygen atoms in total. The third-order valence-corrected chi connectivity index (χ3v) is 2.54. The Bertz CT molecular complexity index is 468. The molecular weight excluding hydrogens is 285 g/mol. The van der Waals surface area contributed by atoms with Crippen LogP contribution in [0.3, 0.4) is 0 Å². The minimum atomic E-state index is -1.03. The van der Waals surface area contributed by atoms with Crippen LogP contribution in [0.5, 0.6) is 5.75 Å². The molecule has 1 aromatic carbocycles. The molecule has 0 spiro atoms. The van der Waals surface area contributed by atoms with Crippen molar-refractivity contribution in [3.8, 4) is 5.75 Å². The first-order valence-electron chi connectivity index (χ1n) is 4.83. The van der Waals surface area contributed by atoms with E-state index in [1.54, 1.807) is 0 Å². The van der Waals surface area contributed by atoms with Gasteiger partial charge in [0.25, 0.3) is 5.69 Å². The van der Waals surface area contributed by atoms with E-state index in [0.717, 1.165) is 12.1 Å². The molecule has 1 rings (SSSR count). The number of benzene rings is 1. The van der Waals surface area contributed by atoms with Crippen molar-refractivity contribution < 1.29 is 19.6 Å². The van der Waals surface area contributed by atoms with Crippen molar-refractivity contribution in [1.29, 1.82) is 0 Å². The summed E-state index contributed by atoms with van der Waals surface area (Å²) in [5.74, 6) is -0.991. The summed E-state index contributed by atoms with van der Waals surface area (Å²) in [5.41, 5.74) is -0.261. The van der Waals surface area contributed by atoms with E-state index < -0.39 is 17.0 Å². The first-order chi connectivity index (χ1) is 8.31. The average molecular weight is 294 g/mol. The Kier molecular flexibility index (Phi) is 4.75. The Morgan fingerprint density at radius 3 is 2.39 bits per heavy atom. The second-order valence-corrected chi connectivity index (χ2v) is 4.34. The molecule has 0 bridgehead atoms. The topological polar surface area (TPSA) is 89.7 Å². The van der Waals surface area contributed by atoms with Gasteiger partial charge in [-0.1, -0.05) is 23.2 Å². The van der Waals surface area contributed by atoms with E-state index >= 15 is 0 Å². The zero-order valence-corrected chi connectivity index (χ0v) is 10.7. The zero-order chi connectivity index (χ0) is 13.9. The van der Waals surface area contributed by atoms with Crippen molar-refractivity contribution in [1.82, 2.24) is 0 Å². The van der Waals surface area contributed by atoms with Gasteiger partial charge in [0.2, 0.25) is 0 Å². The summed E-state index contributed by atoms with van der Waals surface area (Å²) >= 11 is 11.6. The number of aliphatic carboxylic acids is 1. The fraction of sp³-hybridized carbons (Fsp3) is 0.300. The van der Waals surface area contributed by atoms with Crippen molar-refractivity contribution in [2.24, 2.45) is 0 Å². The van der Waals surface area contributed by atoms with E-state index in [1.807, 2.05) is 0 Å². The predicted octanol–water partition coefficient (Wildman–Crippen LogP) is 3.14. The molecule has 18 heavy (non-hydrogen) atoms. The molecule has 0 aliphatic rings. The smallest absolute Gasteiger partial charge is 0.307 e. The van der Waals surface area contributed by atoms with Crippen LogP contribution < -0.4 is 4.74 Å². The number of ether oxygens (including phenoxy) is 1. The van der Waals surface area contributed by atoms with Crippen LogP contribution in [0, 0.1) is 10.1 Å². The van der Waals surface area contributed by atoms with Gasteiger partial charge < -0.3 is 9.84 Å². The molecule has 98 valence electrons. The highest BCUT2D eigenvalue weighted by atomic mass is 35.5. The third-order valence-electron chi connectivity index (χ3n) is 1.97. The van der Waals surface area contributed by atoms with Crippen LogP contribution in [-0.2, 0) is 4.79 Å². The van der Waals surface area contributed by atoms with Crippen LogP contribution in [0.4, 0.5) is 5.69 Å². The number of non-ortho nitro benzene ring substituents is 1. The number of carbonyl (C=O) groups is 1. The Hall–Kier alpha value is -1.53. The summed E-state index contributed by atoms with van der Waals surface area (Å²) in [6.45, 7) is 1.53. The van der Waals surface area contributed by atoms with Crippen molar-refractivity contribution >= 4 is 34.9 Å². The molecule has 0 fully saturated rings. The Morgan fingerprint density at radius 1 is 1.50 bits per heavy atom. The van der Waals surface area contributed by atoms with Crippen molar-refractivity contribution in [3.63, 3.8) is 0 Å². The number of hydrogen-bond donors (Lipinski definition) is 1. The lowest BCUT2D eigenvalue weighted by Crippen LogP contribution is -2.17. The largest absolute Gasteiger partial charge is 0.487 e. The number of nitro benzene ring substituents is 1. The number of halogens is 2. The summed E-state index contributed by atoms with van der Waals surface area (Å²) in [4.78, 5) is 20.4. The van der Waals surface area contributed by atoms with Gasteiger partial charge in [0.15, 0.2) is 5.75 Å². The molecule has 1 atom stereocenters. The minimum absolute atomic E-state index is 0.0357. The Balaban J connectivity index is 2.96. The highest BCUT2D eigenvalue weighted by Gasteiger charge is 2.18. The van der Waals surface area contributed by atoms with E-state index in [2.05, 4.69) is 0 Å². The van der Waals surface area contributed by atoms with Crippen molar-refractivity contribution in [2.45, 2.75) is 19.4 Å². The van der Waals surface area contributed by atoms with Gasteiger partial charge in [-0.05, 0) is 6.92 Å². The fourth-order valence-corrected chi connectivity index (χ4v) is 1.82. The Labute approximate surface area is 112 Å². The monoisotopic (exact) mass is 293 g/mol. The van der Waals surface area contributed by atoms with Crippen LogP contribution in [0.1, 0.15) is 13.3 Å². The standard InChI is InChI=1S/C10H9Cl2NO5/c1-5(2-9(14)15)18-10-7(11)3-6(13(16)17)4-8(10)12/h3-5H,2H2,1H3,(H,14,15)/t5-/m0/s1. The maximum absolute atomic E-state index is 10.6. The van der Waals surface area contributed by atoms with Gasteiger partial charge in [-0.15, -0.1) is 0 Å². The molecule has 0 aliphatic carbocycles. The lowest BCUT2D eigenvalue weighted by Gasteiger charge is -2.14. The maximum atomic E-state index is 10.6. The van der Waals surface area contributed by atoms with Crippen LogP contribution in [0.25, 0.3) is 0 Å². The Morgan fingerprint density at radius 2 is 2.00 bits per heavy atom. The van der Waals surface area contributed by atoms with E-state index in [-0.39, 0.29) is 27.9 Å². The molecular formula is C10H9Cl2NO5. The van der Waals surface area contributed by atoms with Crippen LogP contribution >= 0.6 is 23.2 Å². The van der Waals surface area contributed by atoms with Gasteiger partial charge >= 0.3 is 5.97 Å². The second kappa shape index (κ2) is 5.88. The van der Waals surface area contributed by atoms with Gasteiger partial charge in [0.05, 0.1) is 21.4 Å². The summed E-state index contributed by atoms with van der Waals surface area (Å²) < 4.78 is 5.25. The molecule has 1 N–H and O–H groups in total. The first kappa shape index (κ1) is 14.5. The average Bonchev–Trinajstić information content (AvgIpc) is 2.21. The molecule has 0 aromatic heterocycles. The zero-order valence-electron chi connectivity index (χ0n) is 9.22. The normalized spacial score (nSPS) is 11.9. The van der Waals surface area contributed by atoms with Gasteiger partial charge in [-0.25, -0.2) is 0 Å². The van der Waals surface area contributed by atoms with Gasteiger partial charge in [-0.2, -0.15) is 0 Å².